The maximum atomic E-state index is 13.6. The van der Waals surface area contributed by atoms with Gasteiger partial charge < -0.3 is 29.2 Å². The van der Waals surface area contributed by atoms with Gasteiger partial charge in [-0.3, -0.25) is 19.2 Å². The van der Waals surface area contributed by atoms with E-state index in [2.05, 4.69) is 5.32 Å². The minimum atomic E-state index is -4.53. The first kappa shape index (κ1) is 39.6. The summed E-state index contributed by atoms with van der Waals surface area (Å²) in [5, 5.41) is 2.68. The number of nitrogens with one attached hydrogen (secondary N) is 1. The zero-order chi connectivity index (χ0) is 38.8. The predicted molar refractivity (Wildman–Crippen MR) is 187 cm³/mol. The molecule has 0 unspecified atom stereocenters. The second-order valence-corrected chi connectivity index (χ2v) is 11.5. The fraction of sp³-hybridized carbons (Fsp3) is 0.256. The lowest BCUT2D eigenvalue weighted by Crippen LogP contribution is -2.50. The molecule has 0 saturated carbocycles. The van der Waals surface area contributed by atoms with Crippen molar-refractivity contribution in [1.82, 2.24) is 4.90 Å². The molecular formula is C39H37F3N2O9. The molecule has 1 N–H and O–H groups in total. The molecule has 0 aliphatic rings. The van der Waals surface area contributed by atoms with Crippen molar-refractivity contribution in [1.29, 1.82) is 0 Å². The van der Waals surface area contributed by atoms with Gasteiger partial charge in [0.1, 0.15) is 12.4 Å². The van der Waals surface area contributed by atoms with E-state index < -0.39 is 53.7 Å². The Bertz CT molecular complexity index is 1930. The quantitative estimate of drug-likeness (QED) is 0.0650. The molecule has 14 heteroatoms. The van der Waals surface area contributed by atoms with Crippen LogP contribution in [0, 0.1) is 0 Å². The van der Waals surface area contributed by atoms with Crippen LogP contribution in [0.1, 0.15) is 52.6 Å². The summed E-state index contributed by atoms with van der Waals surface area (Å²) in [5.74, 6) is -3.41. The van der Waals surface area contributed by atoms with Crippen LogP contribution in [0.2, 0.25) is 0 Å². The van der Waals surface area contributed by atoms with E-state index in [9.17, 15) is 37.1 Å². The third-order valence-corrected chi connectivity index (χ3v) is 8.11. The molecule has 0 heterocycles. The summed E-state index contributed by atoms with van der Waals surface area (Å²) in [6.45, 7) is 4.09. The number of alkyl halides is 3. The van der Waals surface area contributed by atoms with E-state index in [1.54, 1.807) is 57.2 Å². The molecule has 0 spiro atoms. The minimum absolute atomic E-state index is 0.0379. The lowest BCUT2D eigenvalue weighted by Gasteiger charge is -2.28. The second kappa shape index (κ2) is 17.4. The van der Waals surface area contributed by atoms with Crippen molar-refractivity contribution >= 4 is 35.6 Å². The van der Waals surface area contributed by atoms with E-state index in [-0.39, 0.29) is 47.9 Å². The Morgan fingerprint density at radius 1 is 0.698 bits per heavy atom. The van der Waals surface area contributed by atoms with Crippen LogP contribution in [0.25, 0.3) is 11.1 Å². The van der Waals surface area contributed by atoms with Gasteiger partial charge >= 0.3 is 24.3 Å². The first-order valence-corrected chi connectivity index (χ1v) is 16.5. The highest BCUT2D eigenvalue weighted by Crippen LogP contribution is 2.33. The van der Waals surface area contributed by atoms with Gasteiger partial charge in [-0.1, -0.05) is 60.7 Å². The van der Waals surface area contributed by atoms with Crippen LogP contribution in [0.4, 0.5) is 23.7 Å². The van der Waals surface area contributed by atoms with E-state index in [0.29, 0.717) is 11.1 Å². The number of ether oxygens (including phenoxy) is 4. The number of esters is 2. The molecule has 0 radical (unpaired) electrons. The van der Waals surface area contributed by atoms with Gasteiger partial charge in [0.05, 0.1) is 30.0 Å². The molecule has 2 amide bonds. The third kappa shape index (κ3) is 9.19. The van der Waals surface area contributed by atoms with Crippen molar-refractivity contribution in [2.75, 3.05) is 38.7 Å². The highest BCUT2D eigenvalue weighted by molar-refractivity contribution is 6.12. The Morgan fingerprint density at radius 2 is 1.30 bits per heavy atom. The van der Waals surface area contributed by atoms with Crippen LogP contribution in [-0.2, 0) is 35.4 Å². The zero-order valence-electron chi connectivity index (χ0n) is 29.3. The molecule has 4 aromatic carbocycles. The zero-order valence-corrected chi connectivity index (χ0v) is 29.3. The summed E-state index contributed by atoms with van der Waals surface area (Å²) >= 11 is 0. The molecule has 0 saturated heterocycles. The molecule has 0 fully saturated rings. The van der Waals surface area contributed by atoms with Gasteiger partial charge in [0, 0.05) is 19.2 Å². The van der Waals surface area contributed by atoms with Crippen molar-refractivity contribution in [2.45, 2.75) is 32.4 Å². The number of nitrogens with zero attached hydrogens (tertiary/aromatic N) is 1. The highest BCUT2D eigenvalue weighted by atomic mass is 19.4. The smallest absolute Gasteiger partial charge is 0.465 e. The molecule has 0 atom stereocenters. The summed E-state index contributed by atoms with van der Waals surface area (Å²) in [6.07, 6.45) is -5.86. The molecular weight excluding hydrogens is 697 g/mol. The SMILES string of the molecule is CCOC(=O)C(COC(=O)Oc1ccc(NC(=O)c2ccccc2-c2ccc(C(F)(F)F)cc2)c(C(=O)N(C)CC)c1)(C(=O)OCC)c1ccccc1. The number of rotatable bonds is 13. The summed E-state index contributed by atoms with van der Waals surface area (Å²) in [4.78, 5) is 68.0. The first-order chi connectivity index (χ1) is 25.3. The van der Waals surface area contributed by atoms with Crippen LogP contribution < -0.4 is 10.1 Å². The Balaban J connectivity index is 1.62. The van der Waals surface area contributed by atoms with Crippen LogP contribution in [0.5, 0.6) is 5.75 Å². The van der Waals surface area contributed by atoms with Crippen LogP contribution in [0.15, 0.2) is 97.1 Å². The Morgan fingerprint density at radius 3 is 1.89 bits per heavy atom. The standard InChI is InChI=1S/C39H37F3N2O9/c1-5-44(4)34(46)31-23-28(53-37(49)52-24-38(35(47)50-6-2,36(48)51-7-3)26-13-9-8-10-14-26)21-22-32(31)43-33(45)30-16-12-11-15-29(30)25-17-19-27(20-18-25)39(40,41)42/h8-23H,5-7,24H2,1-4H3,(H,43,45). The summed E-state index contributed by atoms with van der Waals surface area (Å²) < 4.78 is 60.5. The van der Waals surface area contributed by atoms with E-state index in [4.69, 9.17) is 18.9 Å². The van der Waals surface area contributed by atoms with E-state index in [0.717, 1.165) is 12.1 Å². The molecule has 4 rings (SSSR count). The molecule has 0 aromatic heterocycles. The monoisotopic (exact) mass is 734 g/mol. The number of hydrogen-bond acceptors (Lipinski definition) is 9. The number of amides is 2. The van der Waals surface area contributed by atoms with Crippen LogP contribution in [-0.4, -0.2) is 68.2 Å². The number of halogens is 3. The molecule has 53 heavy (non-hydrogen) atoms. The summed E-state index contributed by atoms with van der Waals surface area (Å²) in [5.41, 5.74) is -2.09. The number of benzene rings is 4. The molecule has 11 nitrogen and oxygen atoms in total. The largest absolute Gasteiger partial charge is 0.513 e. The van der Waals surface area contributed by atoms with Gasteiger partial charge in [-0.25, -0.2) is 4.79 Å². The number of carbonyl (C=O) groups excluding carboxylic acids is 5. The van der Waals surface area contributed by atoms with E-state index in [1.807, 2.05) is 0 Å². The van der Waals surface area contributed by atoms with Crippen molar-refractivity contribution in [3.05, 3.63) is 119 Å². The van der Waals surface area contributed by atoms with Gasteiger partial charge in [-0.05, 0) is 73.9 Å². The highest BCUT2D eigenvalue weighted by Gasteiger charge is 2.52. The number of hydrogen-bond donors (Lipinski definition) is 1. The lowest BCUT2D eigenvalue weighted by atomic mass is 9.81. The van der Waals surface area contributed by atoms with Crippen LogP contribution in [0.3, 0.4) is 0 Å². The van der Waals surface area contributed by atoms with Gasteiger partial charge in [0.2, 0.25) is 5.41 Å². The molecule has 0 bridgehead atoms. The average Bonchev–Trinajstić information content (AvgIpc) is 3.15. The Labute approximate surface area is 303 Å². The fourth-order valence-electron chi connectivity index (χ4n) is 5.23. The van der Waals surface area contributed by atoms with Gasteiger partial charge in [0.25, 0.3) is 11.8 Å². The maximum absolute atomic E-state index is 13.6. The number of carbonyl (C=O) groups is 5. The summed E-state index contributed by atoms with van der Waals surface area (Å²) in [6, 6.07) is 22.2. The Kier molecular flexibility index (Phi) is 13.0. The Hall–Kier alpha value is -6.18. The van der Waals surface area contributed by atoms with E-state index in [1.165, 1.54) is 60.5 Å². The van der Waals surface area contributed by atoms with E-state index >= 15 is 0 Å². The van der Waals surface area contributed by atoms with Gasteiger partial charge in [-0.15, -0.1) is 0 Å². The van der Waals surface area contributed by atoms with Gasteiger partial charge in [-0.2, -0.15) is 13.2 Å². The minimum Gasteiger partial charge on any atom is -0.465 e. The third-order valence-electron chi connectivity index (χ3n) is 8.11. The molecule has 0 aliphatic carbocycles. The maximum Gasteiger partial charge on any atom is 0.513 e. The number of anilines is 1. The predicted octanol–water partition coefficient (Wildman–Crippen LogP) is 7.30. The molecule has 278 valence electrons. The first-order valence-electron chi connectivity index (χ1n) is 16.5. The normalized spacial score (nSPS) is 11.2. The lowest BCUT2D eigenvalue weighted by molar-refractivity contribution is -0.167. The fourth-order valence-corrected chi connectivity index (χ4v) is 5.23. The van der Waals surface area contributed by atoms with Crippen molar-refractivity contribution in [3.63, 3.8) is 0 Å². The van der Waals surface area contributed by atoms with Crippen molar-refractivity contribution in [2.24, 2.45) is 0 Å². The average molecular weight is 735 g/mol. The van der Waals surface area contributed by atoms with Crippen LogP contribution >= 0.6 is 0 Å². The summed E-state index contributed by atoms with van der Waals surface area (Å²) in [7, 11) is 1.52. The molecule has 4 aromatic rings. The topological polar surface area (TPSA) is 138 Å². The van der Waals surface area contributed by atoms with Crippen molar-refractivity contribution < 1.29 is 56.1 Å². The van der Waals surface area contributed by atoms with Gasteiger partial charge in [0.15, 0.2) is 0 Å². The molecule has 0 aliphatic heterocycles. The van der Waals surface area contributed by atoms with Crippen molar-refractivity contribution in [3.8, 4) is 16.9 Å². The second-order valence-electron chi connectivity index (χ2n) is 11.5.